The first-order valence-electron chi connectivity index (χ1n) is 9.85. The number of aromatic amines is 1. The van der Waals surface area contributed by atoms with Gasteiger partial charge in [-0.3, -0.25) is 9.89 Å². The molecule has 6 heteroatoms. The van der Waals surface area contributed by atoms with Crippen molar-refractivity contribution in [3.8, 4) is 17.0 Å². The number of β-amino-alcohol motifs (C(OH)–C–C–N with tert-alkyl or cyclic N) is 1. The van der Waals surface area contributed by atoms with Crippen LogP contribution in [0.15, 0.2) is 54.6 Å². The smallest absolute Gasteiger partial charge is 0.272 e. The Kier molecular flexibility index (Phi) is 5.36. The molecule has 4 rings (SSSR count). The summed E-state index contributed by atoms with van der Waals surface area (Å²) in [6.45, 7) is 5.63. The summed E-state index contributed by atoms with van der Waals surface area (Å²) in [6, 6.07) is 17.1. The van der Waals surface area contributed by atoms with Crippen LogP contribution in [0, 0.1) is 5.92 Å². The number of rotatable bonds is 5. The van der Waals surface area contributed by atoms with Gasteiger partial charge in [-0.1, -0.05) is 38.1 Å². The second-order valence-corrected chi connectivity index (χ2v) is 7.80. The van der Waals surface area contributed by atoms with Gasteiger partial charge in [0.05, 0.1) is 24.9 Å². The number of benzene rings is 2. The molecule has 1 amide bonds. The third-order valence-corrected chi connectivity index (χ3v) is 5.00. The van der Waals surface area contributed by atoms with Crippen LogP contribution < -0.4 is 4.74 Å². The number of aromatic nitrogens is 2. The van der Waals surface area contributed by atoms with E-state index in [0.717, 1.165) is 22.4 Å². The summed E-state index contributed by atoms with van der Waals surface area (Å²) in [7, 11) is 0. The first-order chi connectivity index (χ1) is 14.0. The molecule has 29 heavy (non-hydrogen) atoms. The van der Waals surface area contributed by atoms with Gasteiger partial charge in [-0.05, 0) is 47.4 Å². The van der Waals surface area contributed by atoms with Crippen LogP contribution >= 0.6 is 0 Å². The van der Waals surface area contributed by atoms with Crippen molar-refractivity contribution in [2.75, 3.05) is 13.2 Å². The molecule has 2 aromatic carbocycles. The van der Waals surface area contributed by atoms with Crippen molar-refractivity contribution in [1.82, 2.24) is 15.1 Å². The summed E-state index contributed by atoms with van der Waals surface area (Å²) >= 11 is 0. The molecule has 0 saturated heterocycles. The third-order valence-electron chi connectivity index (χ3n) is 5.00. The van der Waals surface area contributed by atoms with Crippen LogP contribution in [0.4, 0.5) is 0 Å². The van der Waals surface area contributed by atoms with E-state index in [2.05, 4.69) is 24.0 Å². The zero-order chi connectivity index (χ0) is 20.4. The van der Waals surface area contributed by atoms with Gasteiger partial charge in [0.1, 0.15) is 11.4 Å². The van der Waals surface area contributed by atoms with E-state index in [1.807, 2.05) is 48.5 Å². The Morgan fingerprint density at radius 2 is 2.00 bits per heavy atom. The fourth-order valence-electron chi connectivity index (χ4n) is 3.47. The second-order valence-electron chi connectivity index (χ2n) is 7.80. The Hall–Kier alpha value is -3.12. The molecule has 1 aliphatic rings. The average Bonchev–Trinajstić information content (AvgIpc) is 3.22. The number of H-pyrrole nitrogens is 1. The highest BCUT2D eigenvalue weighted by Crippen LogP contribution is 2.28. The molecule has 1 aromatic heterocycles. The van der Waals surface area contributed by atoms with Gasteiger partial charge in [0.2, 0.25) is 0 Å². The van der Waals surface area contributed by atoms with E-state index in [1.54, 1.807) is 11.0 Å². The fourth-order valence-corrected chi connectivity index (χ4v) is 3.47. The highest BCUT2D eigenvalue weighted by Gasteiger charge is 2.28. The number of carbonyl (C=O) groups is 1. The molecule has 3 aromatic rings. The molecule has 0 spiro atoms. The molecule has 1 unspecified atom stereocenters. The van der Waals surface area contributed by atoms with Crippen LogP contribution in [0.1, 0.15) is 41.6 Å². The van der Waals surface area contributed by atoms with E-state index in [9.17, 15) is 9.90 Å². The molecule has 1 atom stereocenters. The van der Waals surface area contributed by atoms with E-state index >= 15 is 0 Å². The van der Waals surface area contributed by atoms with Crippen molar-refractivity contribution in [3.05, 3.63) is 71.4 Å². The zero-order valence-electron chi connectivity index (χ0n) is 16.6. The highest BCUT2D eigenvalue weighted by molar-refractivity contribution is 5.93. The number of amides is 1. The van der Waals surface area contributed by atoms with Crippen LogP contribution in [-0.4, -0.2) is 39.3 Å². The maximum absolute atomic E-state index is 12.9. The normalized spacial score (nSPS) is 16.0. The van der Waals surface area contributed by atoms with E-state index in [4.69, 9.17) is 4.74 Å². The largest absolute Gasteiger partial charge is 0.493 e. The topological polar surface area (TPSA) is 78.5 Å². The molecule has 0 fully saturated rings. The summed E-state index contributed by atoms with van der Waals surface area (Å²) in [4.78, 5) is 14.6. The Bertz CT molecular complexity index is 995. The quantitative estimate of drug-likeness (QED) is 0.693. The molecule has 1 aliphatic heterocycles. The summed E-state index contributed by atoms with van der Waals surface area (Å²) in [6.07, 6.45) is -0.676. The SMILES string of the molecule is CC(C)COc1ccc(-c2cc(C(=O)N3Cc4ccccc4C(O)C3)[nH]n2)cc1. The first-order valence-corrected chi connectivity index (χ1v) is 9.85. The van der Waals surface area contributed by atoms with E-state index in [-0.39, 0.29) is 12.5 Å². The maximum Gasteiger partial charge on any atom is 0.272 e. The van der Waals surface area contributed by atoms with Crippen LogP contribution in [0.25, 0.3) is 11.3 Å². The van der Waals surface area contributed by atoms with Gasteiger partial charge in [-0.25, -0.2) is 0 Å². The lowest BCUT2D eigenvalue weighted by Crippen LogP contribution is -2.38. The van der Waals surface area contributed by atoms with Crippen molar-refractivity contribution >= 4 is 5.91 Å². The Morgan fingerprint density at radius 3 is 2.76 bits per heavy atom. The lowest BCUT2D eigenvalue weighted by Gasteiger charge is -2.31. The summed E-state index contributed by atoms with van der Waals surface area (Å²) < 4.78 is 5.71. The van der Waals surface area contributed by atoms with E-state index in [1.165, 1.54) is 0 Å². The van der Waals surface area contributed by atoms with Gasteiger partial charge in [0.25, 0.3) is 5.91 Å². The predicted molar refractivity (Wildman–Crippen MR) is 110 cm³/mol. The number of ether oxygens (including phenoxy) is 1. The Morgan fingerprint density at radius 1 is 1.24 bits per heavy atom. The number of hydrogen-bond donors (Lipinski definition) is 2. The van der Waals surface area contributed by atoms with E-state index in [0.29, 0.717) is 30.5 Å². The first kappa shape index (κ1) is 19.2. The monoisotopic (exact) mass is 391 g/mol. The van der Waals surface area contributed by atoms with Crippen LogP contribution in [-0.2, 0) is 6.54 Å². The molecule has 0 saturated carbocycles. The molecule has 0 radical (unpaired) electrons. The number of hydrogen-bond acceptors (Lipinski definition) is 4. The molecule has 150 valence electrons. The van der Waals surface area contributed by atoms with Crippen molar-refractivity contribution in [3.63, 3.8) is 0 Å². The number of fused-ring (bicyclic) bond motifs is 1. The van der Waals surface area contributed by atoms with Gasteiger partial charge in [-0.2, -0.15) is 5.10 Å². The number of nitrogens with zero attached hydrogens (tertiary/aromatic N) is 2. The van der Waals surface area contributed by atoms with Gasteiger partial charge in [0.15, 0.2) is 0 Å². The summed E-state index contributed by atoms with van der Waals surface area (Å²) in [5.41, 5.74) is 3.87. The number of aliphatic hydroxyl groups excluding tert-OH is 1. The van der Waals surface area contributed by atoms with Gasteiger partial charge < -0.3 is 14.7 Å². The molecular formula is C23H25N3O3. The minimum absolute atomic E-state index is 0.172. The molecule has 6 nitrogen and oxygen atoms in total. The lowest BCUT2D eigenvalue weighted by atomic mass is 9.97. The molecule has 0 bridgehead atoms. The van der Waals surface area contributed by atoms with E-state index < -0.39 is 6.10 Å². The number of aliphatic hydroxyl groups is 1. The van der Waals surface area contributed by atoms with Crippen LogP contribution in [0.2, 0.25) is 0 Å². The highest BCUT2D eigenvalue weighted by atomic mass is 16.5. The van der Waals surface area contributed by atoms with Gasteiger partial charge >= 0.3 is 0 Å². The zero-order valence-corrected chi connectivity index (χ0v) is 16.6. The van der Waals surface area contributed by atoms with Gasteiger partial charge in [0, 0.05) is 12.1 Å². The Balaban J connectivity index is 1.47. The standard InChI is InChI=1S/C23H25N3O3/c1-15(2)14-29-18-9-7-16(8-10-18)20-11-21(25-24-20)23(28)26-12-17-5-3-4-6-19(17)22(27)13-26/h3-11,15,22,27H,12-14H2,1-2H3,(H,24,25). The van der Waals surface area contributed by atoms with Crippen molar-refractivity contribution in [2.45, 2.75) is 26.5 Å². The minimum atomic E-state index is -0.676. The average molecular weight is 391 g/mol. The molecule has 0 aliphatic carbocycles. The maximum atomic E-state index is 12.9. The number of carbonyl (C=O) groups excluding carboxylic acids is 1. The van der Waals surface area contributed by atoms with Gasteiger partial charge in [-0.15, -0.1) is 0 Å². The minimum Gasteiger partial charge on any atom is -0.493 e. The third kappa shape index (κ3) is 4.17. The number of nitrogens with one attached hydrogen (secondary N) is 1. The Labute approximate surface area is 170 Å². The fraction of sp³-hybridized carbons (Fsp3) is 0.304. The van der Waals surface area contributed by atoms with Crippen molar-refractivity contribution in [1.29, 1.82) is 0 Å². The van der Waals surface area contributed by atoms with Crippen LogP contribution in [0.5, 0.6) is 5.75 Å². The second kappa shape index (κ2) is 8.09. The van der Waals surface area contributed by atoms with Crippen LogP contribution in [0.3, 0.4) is 0 Å². The molecular weight excluding hydrogens is 366 g/mol. The molecule has 2 N–H and O–H groups in total. The molecule has 2 heterocycles. The lowest BCUT2D eigenvalue weighted by molar-refractivity contribution is 0.0544. The van der Waals surface area contributed by atoms with Crippen molar-refractivity contribution in [2.24, 2.45) is 5.92 Å². The summed E-state index contributed by atoms with van der Waals surface area (Å²) in [5, 5.41) is 17.5. The van der Waals surface area contributed by atoms with Crippen molar-refractivity contribution < 1.29 is 14.6 Å². The summed E-state index contributed by atoms with van der Waals surface area (Å²) in [5.74, 6) is 1.11. The predicted octanol–water partition coefficient (Wildman–Crippen LogP) is 3.80.